The SMILES string of the molecule is CCNC(c1cccc(C(F)(F)F)c1F)c1ccnn1C. The summed E-state index contributed by atoms with van der Waals surface area (Å²) in [5.41, 5.74) is -0.713. The van der Waals surface area contributed by atoms with Crippen molar-refractivity contribution in [2.45, 2.75) is 19.1 Å². The van der Waals surface area contributed by atoms with Crippen LogP contribution >= 0.6 is 0 Å². The average molecular weight is 301 g/mol. The van der Waals surface area contributed by atoms with Crippen molar-refractivity contribution in [3.05, 3.63) is 53.1 Å². The van der Waals surface area contributed by atoms with Crippen LogP contribution in [0.4, 0.5) is 17.6 Å². The number of hydrogen-bond donors (Lipinski definition) is 1. The molecule has 1 aromatic heterocycles. The Morgan fingerprint density at radius 3 is 2.52 bits per heavy atom. The number of rotatable bonds is 4. The van der Waals surface area contributed by atoms with E-state index >= 15 is 0 Å². The fourth-order valence-electron chi connectivity index (χ4n) is 2.24. The lowest BCUT2D eigenvalue weighted by Crippen LogP contribution is -2.26. The number of aromatic nitrogens is 2. The maximum absolute atomic E-state index is 14.3. The monoisotopic (exact) mass is 301 g/mol. The van der Waals surface area contributed by atoms with Crippen molar-refractivity contribution >= 4 is 0 Å². The topological polar surface area (TPSA) is 29.9 Å². The molecule has 7 heteroatoms. The Kier molecular flexibility index (Phi) is 4.32. The summed E-state index contributed by atoms with van der Waals surface area (Å²) in [7, 11) is 1.66. The number of alkyl halides is 3. The Morgan fingerprint density at radius 1 is 1.29 bits per heavy atom. The zero-order valence-corrected chi connectivity index (χ0v) is 11.6. The van der Waals surface area contributed by atoms with E-state index in [-0.39, 0.29) is 5.56 Å². The Balaban J connectivity index is 2.54. The maximum Gasteiger partial charge on any atom is 0.419 e. The summed E-state index contributed by atoms with van der Waals surface area (Å²) in [5.74, 6) is -1.25. The van der Waals surface area contributed by atoms with Gasteiger partial charge in [-0.25, -0.2) is 4.39 Å². The molecule has 1 aromatic carbocycles. The van der Waals surface area contributed by atoms with Crippen molar-refractivity contribution in [2.75, 3.05) is 6.54 Å². The Bertz CT molecular complexity index is 619. The summed E-state index contributed by atoms with van der Waals surface area (Å²) in [5, 5.41) is 6.97. The molecule has 1 heterocycles. The third-order valence-electron chi connectivity index (χ3n) is 3.21. The van der Waals surface area contributed by atoms with Gasteiger partial charge in [-0.2, -0.15) is 18.3 Å². The summed E-state index contributed by atoms with van der Waals surface area (Å²) in [6.07, 6.45) is -3.20. The fraction of sp³-hybridized carbons (Fsp3) is 0.357. The molecule has 0 aliphatic heterocycles. The van der Waals surface area contributed by atoms with Crippen molar-refractivity contribution in [1.29, 1.82) is 0 Å². The number of benzene rings is 1. The molecule has 1 N–H and O–H groups in total. The molecular weight excluding hydrogens is 286 g/mol. The second-order valence-electron chi connectivity index (χ2n) is 4.58. The van der Waals surface area contributed by atoms with E-state index in [1.165, 1.54) is 23.0 Å². The summed E-state index contributed by atoms with van der Waals surface area (Å²) in [6, 6.07) is 4.26. The van der Waals surface area contributed by atoms with Crippen molar-refractivity contribution in [3.63, 3.8) is 0 Å². The zero-order valence-electron chi connectivity index (χ0n) is 11.6. The van der Waals surface area contributed by atoms with E-state index in [0.717, 1.165) is 6.07 Å². The minimum Gasteiger partial charge on any atom is -0.305 e. The molecule has 1 unspecified atom stereocenters. The van der Waals surface area contributed by atoms with Gasteiger partial charge in [0.05, 0.1) is 17.3 Å². The van der Waals surface area contributed by atoms with Crippen molar-refractivity contribution in [1.82, 2.24) is 15.1 Å². The largest absolute Gasteiger partial charge is 0.419 e. The normalized spacial score (nSPS) is 13.4. The summed E-state index contributed by atoms with van der Waals surface area (Å²) in [6.45, 7) is 2.28. The van der Waals surface area contributed by atoms with E-state index < -0.39 is 23.6 Å². The Hall–Kier alpha value is -1.89. The van der Waals surface area contributed by atoms with Crippen LogP contribution in [-0.2, 0) is 13.2 Å². The summed E-state index contributed by atoms with van der Waals surface area (Å²) < 4.78 is 54.2. The first kappa shape index (κ1) is 15.5. The van der Waals surface area contributed by atoms with Gasteiger partial charge in [-0.1, -0.05) is 19.1 Å². The van der Waals surface area contributed by atoms with Gasteiger partial charge in [0.15, 0.2) is 0 Å². The van der Waals surface area contributed by atoms with Gasteiger partial charge >= 0.3 is 6.18 Å². The standard InChI is InChI=1S/C14H15F4N3/c1-3-19-13(11-7-8-20-21(11)2)9-5-4-6-10(12(9)15)14(16,17)18/h4-8,13,19H,3H2,1-2H3. The number of hydrogen-bond acceptors (Lipinski definition) is 2. The van der Waals surface area contributed by atoms with E-state index in [2.05, 4.69) is 10.4 Å². The number of halogens is 4. The van der Waals surface area contributed by atoms with Gasteiger partial charge < -0.3 is 5.32 Å². The lowest BCUT2D eigenvalue weighted by molar-refractivity contribution is -0.140. The first-order chi connectivity index (χ1) is 9.86. The zero-order chi connectivity index (χ0) is 15.6. The Morgan fingerprint density at radius 2 is 2.00 bits per heavy atom. The number of nitrogens with zero attached hydrogens (tertiary/aromatic N) is 2. The van der Waals surface area contributed by atoms with Gasteiger partial charge in [0.25, 0.3) is 0 Å². The second-order valence-corrected chi connectivity index (χ2v) is 4.58. The van der Waals surface area contributed by atoms with Crippen LogP contribution in [0.2, 0.25) is 0 Å². The molecule has 0 bridgehead atoms. The van der Waals surface area contributed by atoms with Gasteiger partial charge in [-0.05, 0) is 18.7 Å². The third kappa shape index (κ3) is 3.07. The summed E-state index contributed by atoms with van der Waals surface area (Å²) >= 11 is 0. The molecule has 0 radical (unpaired) electrons. The predicted octanol–water partition coefficient (Wildman–Crippen LogP) is 3.28. The van der Waals surface area contributed by atoms with Gasteiger partial charge in [0.2, 0.25) is 0 Å². The highest BCUT2D eigenvalue weighted by atomic mass is 19.4. The van der Waals surface area contributed by atoms with Crippen LogP contribution in [0.25, 0.3) is 0 Å². The highest BCUT2D eigenvalue weighted by molar-refractivity contribution is 5.34. The molecular formula is C14H15F4N3. The molecule has 2 aromatic rings. The van der Waals surface area contributed by atoms with Crippen LogP contribution in [0.5, 0.6) is 0 Å². The number of aryl methyl sites for hydroxylation is 1. The van der Waals surface area contributed by atoms with E-state index in [1.54, 1.807) is 20.0 Å². The molecule has 0 aliphatic rings. The molecule has 0 saturated carbocycles. The van der Waals surface area contributed by atoms with Crippen molar-refractivity contribution in [3.8, 4) is 0 Å². The molecule has 1 atom stereocenters. The van der Waals surface area contributed by atoms with Crippen LogP contribution in [0.15, 0.2) is 30.5 Å². The molecule has 114 valence electrons. The first-order valence-corrected chi connectivity index (χ1v) is 6.43. The van der Waals surface area contributed by atoms with Crippen LogP contribution in [0.1, 0.15) is 29.8 Å². The Labute approximate surface area is 119 Å². The van der Waals surface area contributed by atoms with E-state index in [0.29, 0.717) is 12.2 Å². The lowest BCUT2D eigenvalue weighted by Gasteiger charge is -2.21. The first-order valence-electron chi connectivity index (χ1n) is 6.43. The average Bonchev–Trinajstić information content (AvgIpc) is 2.81. The molecule has 0 aliphatic carbocycles. The predicted molar refractivity (Wildman–Crippen MR) is 70.1 cm³/mol. The molecule has 0 spiro atoms. The van der Waals surface area contributed by atoms with E-state index in [9.17, 15) is 17.6 Å². The van der Waals surface area contributed by atoms with Gasteiger partial charge in [-0.15, -0.1) is 0 Å². The molecule has 3 nitrogen and oxygen atoms in total. The fourth-order valence-corrected chi connectivity index (χ4v) is 2.24. The highest BCUT2D eigenvalue weighted by Crippen LogP contribution is 2.35. The minimum atomic E-state index is -4.72. The van der Waals surface area contributed by atoms with Crippen LogP contribution in [0, 0.1) is 5.82 Å². The van der Waals surface area contributed by atoms with E-state index in [1.807, 2.05) is 0 Å². The quantitative estimate of drug-likeness (QED) is 0.878. The smallest absolute Gasteiger partial charge is 0.305 e. The van der Waals surface area contributed by atoms with Gasteiger partial charge in [0.1, 0.15) is 5.82 Å². The van der Waals surface area contributed by atoms with Gasteiger partial charge in [-0.3, -0.25) is 4.68 Å². The maximum atomic E-state index is 14.3. The highest BCUT2D eigenvalue weighted by Gasteiger charge is 2.36. The van der Waals surface area contributed by atoms with E-state index in [4.69, 9.17) is 0 Å². The van der Waals surface area contributed by atoms with Crippen LogP contribution in [-0.4, -0.2) is 16.3 Å². The van der Waals surface area contributed by atoms with Crippen LogP contribution in [0.3, 0.4) is 0 Å². The molecule has 0 amide bonds. The van der Waals surface area contributed by atoms with Crippen molar-refractivity contribution < 1.29 is 17.6 Å². The second kappa shape index (κ2) is 5.85. The number of nitrogens with one attached hydrogen (secondary N) is 1. The van der Waals surface area contributed by atoms with Gasteiger partial charge in [0, 0.05) is 18.8 Å². The minimum absolute atomic E-state index is 0.0460. The van der Waals surface area contributed by atoms with Crippen molar-refractivity contribution in [2.24, 2.45) is 7.05 Å². The lowest BCUT2D eigenvalue weighted by atomic mass is 9.99. The molecule has 0 saturated heterocycles. The third-order valence-corrected chi connectivity index (χ3v) is 3.21. The van der Waals surface area contributed by atoms with Crippen LogP contribution < -0.4 is 5.32 Å². The molecule has 0 fully saturated rings. The summed E-state index contributed by atoms with van der Waals surface area (Å²) in [4.78, 5) is 0. The molecule has 2 rings (SSSR count). The molecule has 21 heavy (non-hydrogen) atoms.